The third kappa shape index (κ3) is 8.76. The fraction of sp³-hybridized carbons (Fsp3) is 0.405. The van der Waals surface area contributed by atoms with Crippen LogP contribution in [0.2, 0.25) is 0 Å². The van der Waals surface area contributed by atoms with E-state index in [9.17, 15) is 9.59 Å². The topological polar surface area (TPSA) is 140 Å². The van der Waals surface area contributed by atoms with E-state index in [0.717, 1.165) is 96.2 Å². The van der Waals surface area contributed by atoms with Crippen LogP contribution in [0.4, 0.5) is 5.69 Å². The molecule has 0 bridgehead atoms. The maximum Gasteiger partial charge on any atom is 0.231 e. The predicted molar refractivity (Wildman–Crippen MR) is 195 cm³/mol. The van der Waals surface area contributed by atoms with E-state index in [1.165, 1.54) is 5.69 Å². The van der Waals surface area contributed by atoms with Gasteiger partial charge in [0, 0.05) is 63.0 Å². The van der Waals surface area contributed by atoms with Gasteiger partial charge in [0.25, 0.3) is 0 Å². The number of ether oxygens (including phenoxy) is 1. The molecule has 12 nitrogen and oxygen atoms in total. The summed E-state index contributed by atoms with van der Waals surface area (Å²) in [7, 11) is 5.87. The van der Waals surface area contributed by atoms with E-state index in [2.05, 4.69) is 57.1 Å². The summed E-state index contributed by atoms with van der Waals surface area (Å²) in [5.41, 5.74) is 12.1. The number of anilines is 1. The van der Waals surface area contributed by atoms with Gasteiger partial charge in [-0.05, 0) is 88.4 Å². The zero-order valence-electron chi connectivity index (χ0n) is 28.7. The molecule has 0 unspecified atom stereocenters. The number of hydrogen-bond acceptors (Lipinski definition) is 8. The predicted octanol–water partition coefficient (Wildman–Crippen LogP) is 4.34. The summed E-state index contributed by atoms with van der Waals surface area (Å²) in [4.78, 5) is 48.8. The van der Waals surface area contributed by atoms with Gasteiger partial charge in [-0.1, -0.05) is 12.1 Å². The maximum atomic E-state index is 12.6. The summed E-state index contributed by atoms with van der Waals surface area (Å²) in [5, 5.41) is 0. The first-order chi connectivity index (χ1) is 23.7. The highest BCUT2D eigenvalue weighted by molar-refractivity contribution is 5.87. The molecule has 0 spiro atoms. The van der Waals surface area contributed by atoms with E-state index >= 15 is 0 Å². The van der Waals surface area contributed by atoms with Crippen molar-refractivity contribution in [1.29, 1.82) is 0 Å². The van der Waals surface area contributed by atoms with Crippen molar-refractivity contribution in [2.75, 3.05) is 78.5 Å². The molecule has 258 valence electrons. The van der Waals surface area contributed by atoms with Gasteiger partial charge in [0.1, 0.15) is 17.4 Å². The summed E-state index contributed by atoms with van der Waals surface area (Å²) in [6, 6.07) is 20.5. The Kier molecular flexibility index (Phi) is 10.8. The van der Waals surface area contributed by atoms with Crippen LogP contribution < -0.4 is 15.4 Å². The molecule has 1 fully saturated rings. The standard InChI is InChI=1S/C37H47N9O3/c1-43-17-19-46(20-18-43)28-12-14-31-33(24-28)42-37(40-31)27-11-13-30-32(23-27)41-36(39-30)26-8-6-9-29(22-26)49-21-7-10-35(48)45(3)16-5-4-15-44(2)25-34(38)47/h6,8-9,11-14,22-24H,4-5,7,10,15-21,25H2,1-3H3,(H2,38,47)(H,39,41)(H,40,42). The number of benzene rings is 3. The zero-order chi connectivity index (χ0) is 34.3. The number of nitrogens with zero attached hydrogens (tertiary/aromatic N) is 6. The quantitative estimate of drug-likeness (QED) is 0.140. The van der Waals surface area contributed by atoms with Crippen LogP contribution in [0.1, 0.15) is 25.7 Å². The normalized spacial score (nSPS) is 13.8. The van der Waals surface area contributed by atoms with Crippen LogP contribution in [0, 0.1) is 0 Å². The summed E-state index contributed by atoms with van der Waals surface area (Å²) in [6.07, 6.45) is 2.82. The molecule has 0 aliphatic carbocycles. The van der Waals surface area contributed by atoms with Gasteiger partial charge in [-0.25, -0.2) is 9.97 Å². The van der Waals surface area contributed by atoms with Gasteiger partial charge >= 0.3 is 0 Å². The monoisotopic (exact) mass is 665 g/mol. The van der Waals surface area contributed by atoms with E-state index in [0.29, 0.717) is 26.0 Å². The second-order valence-corrected chi connectivity index (χ2v) is 13.1. The number of aromatic amines is 2. The molecule has 0 saturated carbocycles. The fourth-order valence-electron chi connectivity index (χ4n) is 6.22. The highest BCUT2D eigenvalue weighted by atomic mass is 16.5. The number of carbonyl (C=O) groups excluding carboxylic acids is 2. The number of hydrogen-bond donors (Lipinski definition) is 3. The molecule has 1 saturated heterocycles. The molecule has 0 radical (unpaired) electrons. The van der Waals surface area contributed by atoms with Crippen LogP contribution in [-0.2, 0) is 9.59 Å². The lowest BCUT2D eigenvalue weighted by Crippen LogP contribution is -2.44. The lowest BCUT2D eigenvalue weighted by Gasteiger charge is -2.34. The fourth-order valence-corrected chi connectivity index (χ4v) is 6.22. The van der Waals surface area contributed by atoms with Crippen molar-refractivity contribution in [1.82, 2.24) is 34.6 Å². The number of unbranched alkanes of at least 4 members (excludes halogenated alkanes) is 1. The number of piperazine rings is 1. The van der Waals surface area contributed by atoms with Crippen molar-refractivity contribution >= 4 is 39.6 Å². The first-order valence-corrected chi connectivity index (χ1v) is 17.1. The summed E-state index contributed by atoms with van der Waals surface area (Å²) in [5.74, 6) is 2.09. The number of rotatable bonds is 15. The Morgan fingerprint density at radius 1 is 0.837 bits per heavy atom. The number of nitrogens with one attached hydrogen (secondary N) is 2. The second kappa shape index (κ2) is 15.5. The molecule has 0 atom stereocenters. The van der Waals surface area contributed by atoms with Gasteiger partial charge < -0.3 is 35.1 Å². The average molecular weight is 666 g/mol. The first-order valence-electron chi connectivity index (χ1n) is 17.1. The lowest BCUT2D eigenvalue weighted by molar-refractivity contribution is -0.130. The van der Waals surface area contributed by atoms with Crippen molar-refractivity contribution in [3.63, 3.8) is 0 Å². The highest BCUT2D eigenvalue weighted by Gasteiger charge is 2.16. The molecule has 6 rings (SSSR count). The van der Waals surface area contributed by atoms with Gasteiger partial charge in [-0.3, -0.25) is 14.5 Å². The maximum absolute atomic E-state index is 12.6. The molecule has 1 aliphatic heterocycles. The SMILES string of the molecule is CN1CCN(c2ccc3[nH]c(-c4ccc5nc(-c6cccc(OCCCC(=O)N(C)CCCCN(C)CC(N)=O)c6)[nH]c5c4)nc3c2)CC1. The van der Waals surface area contributed by atoms with E-state index in [1.54, 1.807) is 4.90 Å². The molecule has 49 heavy (non-hydrogen) atoms. The smallest absolute Gasteiger partial charge is 0.231 e. The summed E-state index contributed by atoms with van der Waals surface area (Å²) < 4.78 is 6.01. The molecular formula is C37H47N9O3. The van der Waals surface area contributed by atoms with Crippen LogP contribution in [0.3, 0.4) is 0 Å². The first kappa shape index (κ1) is 33.9. The second-order valence-electron chi connectivity index (χ2n) is 13.1. The number of imidazole rings is 2. The van der Waals surface area contributed by atoms with Gasteiger partial charge in [0.05, 0.1) is 35.2 Å². The largest absolute Gasteiger partial charge is 0.494 e. The molecule has 2 amide bonds. The van der Waals surface area contributed by atoms with Crippen LogP contribution >= 0.6 is 0 Å². The third-order valence-electron chi connectivity index (χ3n) is 9.14. The Hall–Kier alpha value is -4.94. The third-order valence-corrected chi connectivity index (χ3v) is 9.14. The van der Waals surface area contributed by atoms with Crippen molar-refractivity contribution in [2.24, 2.45) is 5.73 Å². The van der Waals surface area contributed by atoms with Crippen molar-refractivity contribution in [2.45, 2.75) is 25.7 Å². The van der Waals surface area contributed by atoms with E-state index < -0.39 is 0 Å². The van der Waals surface area contributed by atoms with Crippen molar-refractivity contribution in [3.8, 4) is 28.5 Å². The molecular weight excluding hydrogens is 618 g/mol. The number of primary amides is 1. The van der Waals surface area contributed by atoms with Crippen LogP contribution in [0.25, 0.3) is 44.8 Å². The molecule has 2 aromatic heterocycles. The minimum atomic E-state index is -0.331. The number of carbonyl (C=O) groups is 2. The number of nitrogens with two attached hydrogens (primary N) is 1. The van der Waals surface area contributed by atoms with Crippen LogP contribution in [-0.4, -0.2) is 120 Å². The van der Waals surface area contributed by atoms with E-state index in [1.807, 2.05) is 49.3 Å². The van der Waals surface area contributed by atoms with Gasteiger partial charge in [-0.15, -0.1) is 0 Å². The molecule has 12 heteroatoms. The Bertz CT molecular complexity index is 1890. The Labute approximate surface area is 287 Å². The highest BCUT2D eigenvalue weighted by Crippen LogP contribution is 2.29. The van der Waals surface area contributed by atoms with Gasteiger partial charge in [0.15, 0.2) is 0 Å². The minimum Gasteiger partial charge on any atom is -0.494 e. The average Bonchev–Trinajstić information content (AvgIpc) is 3.72. The Balaban J connectivity index is 1.02. The van der Waals surface area contributed by atoms with E-state index in [4.69, 9.17) is 20.4 Å². The number of amides is 2. The summed E-state index contributed by atoms with van der Waals surface area (Å²) in [6.45, 7) is 6.32. The Morgan fingerprint density at radius 3 is 2.37 bits per heavy atom. The van der Waals surface area contributed by atoms with Crippen LogP contribution in [0.5, 0.6) is 5.75 Å². The van der Waals surface area contributed by atoms with Crippen molar-refractivity contribution in [3.05, 3.63) is 60.7 Å². The van der Waals surface area contributed by atoms with Gasteiger partial charge in [-0.2, -0.15) is 0 Å². The van der Waals surface area contributed by atoms with E-state index in [-0.39, 0.29) is 18.4 Å². The summed E-state index contributed by atoms with van der Waals surface area (Å²) >= 11 is 0. The lowest BCUT2D eigenvalue weighted by atomic mass is 10.2. The Morgan fingerprint density at radius 2 is 1.57 bits per heavy atom. The number of H-pyrrole nitrogens is 2. The number of likely N-dealkylation sites (N-methyl/N-ethyl adjacent to an activating group) is 2. The number of aromatic nitrogens is 4. The minimum absolute atomic E-state index is 0.0996. The van der Waals surface area contributed by atoms with Crippen molar-refractivity contribution < 1.29 is 14.3 Å². The molecule has 1 aliphatic rings. The molecule has 3 aromatic carbocycles. The van der Waals surface area contributed by atoms with Crippen LogP contribution in [0.15, 0.2) is 60.7 Å². The van der Waals surface area contributed by atoms with Gasteiger partial charge in [0.2, 0.25) is 11.8 Å². The molecule has 3 heterocycles. The molecule has 4 N–H and O–H groups in total. The number of fused-ring (bicyclic) bond motifs is 2. The molecule has 5 aromatic rings. The zero-order valence-corrected chi connectivity index (χ0v) is 28.7.